The number of methoxy groups -OCH3 is 1. The van der Waals surface area contributed by atoms with E-state index in [1.165, 1.54) is 7.11 Å². The molecule has 0 saturated carbocycles. The van der Waals surface area contributed by atoms with Crippen molar-refractivity contribution in [3.63, 3.8) is 0 Å². The van der Waals surface area contributed by atoms with Gasteiger partial charge in [0.15, 0.2) is 12.9 Å². The number of carbonyl (C=O) groups is 1. The van der Waals surface area contributed by atoms with E-state index in [4.69, 9.17) is 0 Å². The van der Waals surface area contributed by atoms with E-state index in [0.29, 0.717) is 6.61 Å². The van der Waals surface area contributed by atoms with Gasteiger partial charge in [-0.25, -0.2) is 4.79 Å². The van der Waals surface area contributed by atoms with Crippen LogP contribution >= 0.6 is 0 Å². The standard InChI is InChI=1S/C5H8O4/c1-7-3-9-5(6)4-2-8-4/h4H,2-3H2,1H3. The summed E-state index contributed by atoms with van der Waals surface area (Å²) in [6.07, 6.45) is -0.319. The maximum absolute atomic E-state index is 10.5. The summed E-state index contributed by atoms with van der Waals surface area (Å²) in [5.74, 6) is -0.336. The van der Waals surface area contributed by atoms with Crippen LogP contribution in [0.3, 0.4) is 0 Å². The molecule has 1 saturated heterocycles. The van der Waals surface area contributed by atoms with Crippen molar-refractivity contribution in [1.29, 1.82) is 0 Å². The van der Waals surface area contributed by atoms with Gasteiger partial charge in [0.1, 0.15) is 0 Å². The summed E-state index contributed by atoms with van der Waals surface area (Å²) in [4.78, 5) is 10.5. The fourth-order valence-electron chi connectivity index (χ4n) is 0.394. The maximum atomic E-state index is 10.5. The second kappa shape index (κ2) is 2.80. The third kappa shape index (κ3) is 1.99. The Morgan fingerprint density at radius 3 is 3.00 bits per heavy atom. The average Bonchev–Trinajstić information content (AvgIpc) is 2.63. The monoisotopic (exact) mass is 132 g/mol. The Hall–Kier alpha value is -0.610. The molecule has 1 rings (SSSR count). The van der Waals surface area contributed by atoms with Crippen molar-refractivity contribution in [3.8, 4) is 0 Å². The lowest BCUT2D eigenvalue weighted by molar-refractivity contribution is -0.155. The molecule has 0 amide bonds. The third-order valence-corrected chi connectivity index (χ3v) is 0.915. The van der Waals surface area contributed by atoms with Crippen molar-refractivity contribution in [1.82, 2.24) is 0 Å². The van der Waals surface area contributed by atoms with E-state index >= 15 is 0 Å². The molecule has 1 atom stereocenters. The van der Waals surface area contributed by atoms with Gasteiger partial charge in [0.05, 0.1) is 6.61 Å². The van der Waals surface area contributed by atoms with E-state index in [1.54, 1.807) is 0 Å². The summed E-state index contributed by atoms with van der Waals surface area (Å²) < 4.78 is 13.7. The highest BCUT2D eigenvalue weighted by Gasteiger charge is 2.32. The van der Waals surface area contributed by atoms with E-state index in [2.05, 4.69) is 14.2 Å². The summed E-state index contributed by atoms with van der Waals surface area (Å²) in [6.45, 7) is 0.501. The Bertz CT molecular complexity index is 108. The Balaban J connectivity index is 2.03. The molecule has 0 aliphatic carbocycles. The van der Waals surface area contributed by atoms with Crippen LogP contribution in [0.1, 0.15) is 0 Å². The summed E-state index contributed by atoms with van der Waals surface area (Å²) in [5.41, 5.74) is 0. The number of hydrogen-bond donors (Lipinski definition) is 0. The molecule has 1 fully saturated rings. The number of esters is 1. The van der Waals surface area contributed by atoms with Gasteiger partial charge in [-0.15, -0.1) is 0 Å². The molecule has 0 aromatic rings. The molecule has 1 aliphatic heterocycles. The highest BCUT2D eigenvalue weighted by molar-refractivity contribution is 5.76. The van der Waals surface area contributed by atoms with Crippen LogP contribution in [-0.2, 0) is 19.0 Å². The minimum Gasteiger partial charge on any atom is -0.436 e. The van der Waals surface area contributed by atoms with Crippen LogP contribution in [0.2, 0.25) is 0 Å². The first kappa shape index (κ1) is 6.51. The van der Waals surface area contributed by atoms with Gasteiger partial charge in [0.2, 0.25) is 0 Å². The maximum Gasteiger partial charge on any atom is 0.339 e. The second-order valence-corrected chi connectivity index (χ2v) is 1.69. The Kier molecular flexibility index (Phi) is 2.02. The van der Waals surface area contributed by atoms with E-state index in [9.17, 15) is 4.79 Å². The Labute approximate surface area is 52.7 Å². The summed E-state index contributed by atoms with van der Waals surface area (Å²) in [7, 11) is 1.46. The van der Waals surface area contributed by atoms with Crippen LogP contribution in [0.5, 0.6) is 0 Å². The van der Waals surface area contributed by atoms with Crippen LogP contribution in [0, 0.1) is 0 Å². The van der Waals surface area contributed by atoms with Crippen molar-refractivity contribution in [2.75, 3.05) is 20.5 Å². The first-order valence-corrected chi connectivity index (χ1v) is 2.62. The Morgan fingerprint density at radius 2 is 2.56 bits per heavy atom. The van der Waals surface area contributed by atoms with Crippen LogP contribution in [0.4, 0.5) is 0 Å². The van der Waals surface area contributed by atoms with Crippen molar-refractivity contribution in [2.24, 2.45) is 0 Å². The molecular weight excluding hydrogens is 124 g/mol. The third-order valence-electron chi connectivity index (χ3n) is 0.915. The van der Waals surface area contributed by atoms with Gasteiger partial charge >= 0.3 is 5.97 Å². The van der Waals surface area contributed by atoms with Gasteiger partial charge in [-0.05, 0) is 0 Å². The van der Waals surface area contributed by atoms with E-state index in [1.807, 2.05) is 0 Å². The van der Waals surface area contributed by atoms with Gasteiger partial charge in [-0.2, -0.15) is 0 Å². The van der Waals surface area contributed by atoms with Gasteiger partial charge in [-0.1, -0.05) is 0 Å². The normalized spacial score (nSPS) is 23.4. The summed E-state index contributed by atoms with van der Waals surface area (Å²) in [5, 5.41) is 0. The lowest BCUT2D eigenvalue weighted by atomic mass is 10.5. The number of ether oxygens (including phenoxy) is 3. The molecular formula is C5H8O4. The lowest BCUT2D eigenvalue weighted by Gasteiger charge is -1.97. The molecule has 0 radical (unpaired) electrons. The molecule has 0 N–H and O–H groups in total. The summed E-state index contributed by atoms with van der Waals surface area (Å²) in [6, 6.07) is 0. The number of rotatable bonds is 3. The van der Waals surface area contributed by atoms with Crippen molar-refractivity contribution >= 4 is 5.97 Å². The minimum absolute atomic E-state index is 0.0126. The first-order chi connectivity index (χ1) is 4.34. The van der Waals surface area contributed by atoms with Crippen molar-refractivity contribution < 1.29 is 19.0 Å². The zero-order valence-corrected chi connectivity index (χ0v) is 5.12. The molecule has 4 heteroatoms. The molecule has 0 aromatic heterocycles. The molecule has 9 heavy (non-hydrogen) atoms. The molecule has 1 aliphatic rings. The topological polar surface area (TPSA) is 48.1 Å². The van der Waals surface area contributed by atoms with Crippen LogP contribution in [0.15, 0.2) is 0 Å². The first-order valence-electron chi connectivity index (χ1n) is 2.62. The molecule has 1 unspecified atom stereocenters. The lowest BCUT2D eigenvalue weighted by Crippen LogP contribution is -2.12. The molecule has 0 aromatic carbocycles. The summed E-state index contributed by atoms with van der Waals surface area (Å²) >= 11 is 0. The van der Waals surface area contributed by atoms with E-state index in [0.717, 1.165) is 0 Å². The molecule has 52 valence electrons. The number of hydrogen-bond acceptors (Lipinski definition) is 4. The predicted octanol–water partition coefficient (Wildman–Crippen LogP) is -0.468. The smallest absolute Gasteiger partial charge is 0.339 e. The van der Waals surface area contributed by atoms with Crippen LogP contribution in [-0.4, -0.2) is 32.6 Å². The Morgan fingerprint density at radius 1 is 1.89 bits per heavy atom. The molecule has 4 nitrogen and oxygen atoms in total. The van der Waals surface area contributed by atoms with E-state index in [-0.39, 0.29) is 18.9 Å². The molecule has 0 bridgehead atoms. The zero-order valence-electron chi connectivity index (χ0n) is 5.12. The van der Waals surface area contributed by atoms with Crippen molar-refractivity contribution in [2.45, 2.75) is 6.10 Å². The minimum atomic E-state index is -0.336. The van der Waals surface area contributed by atoms with Crippen LogP contribution in [0.25, 0.3) is 0 Å². The highest BCUT2D eigenvalue weighted by Crippen LogP contribution is 2.09. The number of carbonyl (C=O) groups excluding carboxylic acids is 1. The molecule has 1 heterocycles. The van der Waals surface area contributed by atoms with Gasteiger partial charge in [-0.3, -0.25) is 0 Å². The quantitative estimate of drug-likeness (QED) is 0.296. The predicted molar refractivity (Wildman–Crippen MR) is 27.7 cm³/mol. The average molecular weight is 132 g/mol. The second-order valence-electron chi connectivity index (χ2n) is 1.69. The molecule has 0 spiro atoms. The fourth-order valence-corrected chi connectivity index (χ4v) is 0.394. The van der Waals surface area contributed by atoms with Gasteiger partial charge < -0.3 is 14.2 Å². The van der Waals surface area contributed by atoms with Gasteiger partial charge in [0, 0.05) is 7.11 Å². The fraction of sp³-hybridized carbons (Fsp3) is 0.800. The van der Waals surface area contributed by atoms with Crippen LogP contribution < -0.4 is 0 Å². The van der Waals surface area contributed by atoms with Crippen molar-refractivity contribution in [3.05, 3.63) is 0 Å². The largest absolute Gasteiger partial charge is 0.436 e. The van der Waals surface area contributed by atoms with E-state index < -0.39 is 0 Å². The zero-order chi connectivity index (χ0) is 6.69. The SMILES string of the molecule is COCOC(=O)C1CO1. The number of epoxide rings is 1. The highest BCUT2D eigenvalue weighted by atomic mass is 16.7. The van der Waals surface area contributed by atoms with Gasteiger partial charge in [0.25, 0.3) is 0 Å².